The second kappa shape index (κ2) is 5.21. The molecule has 0 radical (unpaired) electrons. The molecule has 1 aromatic carbocycles. The molecule has 1 aromatic heterocycles. The largest absolute Gasteiger partial charge is 0.386 e. The van der Waals surface area contributed by atoms with Gasteiger partial charge in [-0.2, -0.15) is 5.10 Å². The Balaban J connectivity index is 2.14. The lowest BCUT2D eigenvalue weighted by molar-refractivity contribution is 0.150. The number of aromatic nitrogens is 2. The van der Waals surface area contributed by atoms with E-state index in [0.717, 1.165) is 15.7 Å². The third-order valence-electron chi connectivity index (χ3n) is 2.64. The molecule has 90 valence electrons. The molecular formula is C12H12BrClN2O. The number of hydrogen-bond donors (Lipinski definition) is 1. The van der Waals surface area contributed by atoms with Crippen molar-refractivity contribution < 1.29 is 5.11 Å². The predicted molar refractivity (Wildman–Crippen MR) is 71.1 cm³/mol. The topological polar surface area (TPSA) is 38.0 Å². The van der Waals surface area contributed by atoms with Crippen molar-refractivity contribution in [2.24, 2.45) is 0 Å². The molecule has 0 aliphatic rings. The highest BCUT2D eigenvalue weighted by Gasteiger charge is 2.11. The number of benzene rings is 1. The van der Waals surface area contributed by atoms with Gasteiger partial charge in [0, 0.05) is 4.47 Å². The summed E-state index contributed by atoms with van der Waals surface area (Å²) < 4.78 is 2.70. The molecule has 2 rings (SSSR count). The van der Waals surface area contributed by atoms with Crippen LogP contribution in [0.1, 0.15) is 17.4 Å². The van der Waals surface area contributed by atoms with Crippen LogP contribution in [0.25, 0.3) is 0 Å². The van der Waals surface area contributed by atoms with Gasteiger partial charge < -0.3 is 5.11 Å². The first-order valence-corrected chi connectivity index (χ1v) is 6.36. The van der Waals surface area contributed by atoms with E-state index in [-0.39, 0.29) is 0 Å². The SMILES string of the molecule is Cc1c(Cl)cnn1CC(O)c1ccc(Br)cc1. The number of aliphatic hydroxyl groups excluding tert-OH is 1. The van der Waals surface area contributed by atoms with Gasteiger partial charge >= 0.3 is 0 Å². The molecule has 0 spiro atoms. The van der Waals surface area contributed by atoms with Crippen molar-refractivity contribution in [2.75, 3.05) is 0 Å². The van der Waals surface area contributed by atoms with E-state index in [1.165, 1.54) is 0 Å². The highest BCUT2D eigenvalue weighted by atomic mass is 79.9. The zero-order valence-corrected chi connectivity index (χ0v) is 11.6. The van der Waals surface area contributed by atoms with E-state index < -0.39 is 6.10 Å². The number of halogens is 2. The van der Waals surface area contributed by atoms with Crippen molar-refractivity contribution in [3.05, 3.63) is 51.2 Å². The molecule has 0 saturated heterocycles. The van der Waals surface area contributed by atoms with Crippen molar-refractivity contribution in [1.29, 1.82) is 0 Å². The monoisotopic (exact) mass is 314 g/mol. The van der Waals surface area contributed by atoms with Gasteiger partial charge in [-0.1, -0.05) is 39.7 Å². The maximum atomic E-state index is 10.1. The molecule has 0 fully saturated rings. The zero-order chi connectivity index (χ0) is 12.4. The summed E-state index contributed by atoms with van der Waals surface area (Å²) in [6.45, 7) is 2.28. The zero-order valence-electron chi connectivity index (χ0n) is 9.27. The third-order valence-corrected chi connectivity index (χ3v) is 3.54. The maximum Gasteiger partial charge on any atom is 0.0986 e. The summed E-state index contributed by atoms with van der Waals surface area (Å²) in [5, 5.41) is 14.8. The molecule has 1 atom stereocenters. The molecule has 0 bridgehead atoms. The minimum atomic E-state index is -0.585. The van der Waals surface area contributed by atoms with E-state index in [1.54, 1.807) is 10.9 Å². The standard InChI is InChI=1S/C12H12BrClN2O/c1-8-11(14)6-15-16(8)7-12(17)9-2-4-10(13)5-3-9/h2-6,12,17H,7H2,1H3. The molecule has 1 N–H and O–H groups in total. The van der Waals surface area contributed by atoms with Crippen molar-refractivity contribution in [2.45, 2.75) is 19.6 Å². The number of nitrogens with zero attached hydrogens (tertiary/aromatic N) is 2. The molecular weight excluding hydrogens is 304 g/mol. The van der Waals surface area contributed by atoms with E-state index in [4.69, 9.17) is 11.6 Å². The van der Waals surface area contributed by atoms with Crippen LogP contribution in [0.3, 0.4) is 0 Å². The average Bonchev–Trinajstić information content (AvgIpc) is 2.62. The first-order chi connectivity index (χ1) is 8.08. The second-order valence-corrected chi connectivity index (χ2v) is 5.15. The van der Waals surface area contributed by atoms with E-state index in [2.05, 4.69) is 21.0 Å². The molecule has 0 saturated carbocycles. The van der Waals surface area contributed by atoms with Crippen LogP contribution >= 0.6 is 27.5 Å². The van der Waals surface area contributed by atoms with E-state index in [0.29, 0.717) is 11.6 Å². The molecule has 5 heteroatoms. The van der Waals surface area contributed by atoms with Crippen LogP contribution in [0.15, 0.2) is 34.9 Å². The summed E-state index contributed by atoms with van der Waals surface area (Å²) in [6, 6.07) is 7.58. The van der Waals surface area contributed by atoms with Crippen molar-refractivity contribution in [1.82, 2.24) is 9.78 Å². The lowest BCUT2D eigenvalue weighted by Crippen LogP contribution is -2.11. The summed E-state index contributed by atoms with van der Waals surface area (Å²) in [5.74, 6) is 0. The normalized spacial score (nSPS) is 12.7. The lowest BCUT2D eigenvalue weighted by Gasteiger charge is -2.12. The first kappa shape index (κ1) is 12.6. The minimum absolute atomic E-state index is 0.403. The molecule has 0 amide bonds. The van der Waals surface area contributed by atoms with Crippen LogP contribution in [0.2, 0.25) is 5.02 Å². The van der Waals surface area contributed by atoms with Crippen LogP contribution in [0, 0.1) is 6.92 Å². The quantitative estimate of drug-likeness (QED) is 0.943. The van der Waals surface area contributed by atoms with E-state index in [9.17, 15) is 5.11 Å². The van der Waals surface area contributed by atoms with E-state index >= 15 is 0 Å². The Labute approximate surface area is 113 Å². The van der Waals surface area contributed by atoms with Crippen LogP contribution in [0.5, 0.6) is 0 Å². The Morgan fingerprint density at radius 1 is 1.41 bits per heavy atom. The van der Waals surface area contributed by atoms with Crippen LogP contribution in [0.4, 0.5) is 0 Å². The molecule has 3 nitrogen and oxygen atoms in total. The predicted octanol–water partition coefficient (Wildman–Crippen LogP) is 3.34. The van der Waals surface area contributed by atoms with Gasteiger partial charge in [0.25, 0.3) is 0 Å². The smallest absolute Gasteiger partial charge is 0.0986 e. The fraction of sp³-hybridized carbons (Fsp3) is 0.250. The first-order valence-electron chi connectivity index (χ1n) is 5.19. The molecule has 0 aliphatic carbocycles. The van der Waals surface area contributed by atoms with Gasteiger partial charge in [-0.15, -0.1) is 0 Å². The molecule has 1 unspecified atom stereocenters. The van der Waals surface area contributed by atoms with Crippen molar-refractivity contribution in [3.8, 4) is 0 Å². The molecule has 17 heavy (non-hydrogen) atoms. The lowest BCUT2D eigenvalue weighted by atomic mass is 10.1. The fourth-order valence-electron chi connectivity index (χ4n) is 1.56. The van der Waals surface area contributed by atoms with Gasteiger partial charge in [-0.05, 0) is 24.6 Å². The Bertz CT molecular complexity index is 510. The third kappa shape index (κ3) is 2.89. The highest BCUT2D eigenvalue weighted by molar-refractivity contribution is 9.10. The van der Waals surface area contributed by atoms with E-state index in [1.807, 2.05) is 31.2 Å². The molecule has 0 aliphatic heterocycles. The maximum absolute atomic E-state index is 10.1. The van der Waals surface area contributed by atoms with Gasteiger partial charge in [0.15, 0.2) is 0 Å². The number of rotatable bonds is 3. The summed E-state index contributed by atoms with van der Waals surface area (Å²) in [6.07, 6.45) is 1.00. The number of hydrogen-bond acceptors (Lipinski definition) is 2. The molecule has 2 aromatic rings. The second-order valence-electron chi connectivity index (χ2n) is 3.83. The summed E-state index contributed by atoms with van der Waals surface area (Å²) in [5.41, 5.74) is 1.72. The minimum Gasteiger partial charge on any atom is -0.386 e. The molecule has 1 heterocycles. The summed E-state index contributed by atoms with van der Waals surface area (Å²) >= 11 is 9.27. The van der Waals surface area contributed by atoms with Gasteiger partial charge in [-0.25, -0.2) is 0 Å². The van der Waals surface area contributed by atoms with Crippen LogP contribution in [-0.2, 0) is 6.54 Å². The Morgan fingerprint density at radius 2 is 2.06 bits per heavy atom. The Morgan fingerprint density at radius 3 is 2.59 bits per heavy atom. The van der Waals surface area contributed by atoms with Gasteiger partial charge in [0.05, 0.1) is 29.6 Å². The van der Waals surface area contributed by atoms with Gasteiger partial charge in [0.2, 0.25) is 0 Å². The van der Waals surface area contributed by atoms with Crippen LogP contribution < -0.4 is 0 Å². The average molecular weight is 316 g/mol. The van der Waals surface area contributed by atoms with Gasteiger partial charge in [-0.3, -0.25) is 4.68 Å². The van der Waals surface area contributed by atoms with Crippen molar-refractivity contribution in [3.63, 3.8) is 0 Å². The Kier molecular flexibility index (Phi) is 3.86. The fourth-order valence-corrected chi connectivity index (χ4v) is 1.97. The van der Waals surface area contributed by atoms with Gasteiger partial charge in [0.1, 0.15) is 0 Å². The summed E-state index contributed by atoms with van der Waals surface area (Å²) in [4.78, 5) is 0. The Hall–Kier alpha value is -0.840. The van der Waals surface area contributed by atoms with Crippen molar-refractivity contribution >= 4 is 27.5 Å². The number of aliphatic hydroxyl groups is 1. The van der Waals surface area contributed by atoms with Crippen LogP contribution in [-0.4, -0.2) is 14.9 Å². The summed E-state index contributed by atoms with van der Waals surface area (Å²) in [7, 11) is 0. The highest BCUT2D eigenvalue weighted by Crippen LogP contribution is 2.20.